The molecule has 1 saturated heterocycles. The molecule has 1 unspecified atom stereocenters. The Labute approximate surface area is 212 Å². The molecule has 2 aliphatic rings. The van der Waals surface area contributed by atoms with Gasteiger partial charge in [-0.05, 0) is 76.4 Å². The zero-order valence-corrected chi connectivity index (χ0v) is 21.7. The van der Waals surface area contributed by atoms with Crippen molar-refractivity contribution < 1.29 is 14.3 Å². The van der Waals surface area contributed by atoms with Crippen molar-refractivity contribution in [3.63, 3.8) is 0 Å². The molecular formula is C26H36ClN5O3. The number of carbonyl (C=O) groups is 2. The number of aromatic nitrogens is 1. The Morgan fingerprint density at radius 1 is 1.29 bits per heavy atom. The van der Waals surface area contributed by atoms with E-state index in [2.05, 4.69) is 19.0 Å². The second-order valence-corrected chi connectivity index (χ2v) is 10.3. The van der Waals surface area contributed by atoms with Gasteiger partial charge in [-0.15, -0.1) is 0 Å². The zero-order valence-electron chi connectivity index (χ0n) is 20.9. The van der Waals surface area contributed by atoms with Crippen LogP contribution in [0, 0.1) is 5.92 Å². The number of ether oxygens (including phenoxy) is 1. The van der Waals surface area contributed by atoms with E-state index in [0.29, 0.717) is 31.2 Å². The zero-order chi connectivity index (χ0) is 25.1. The summed E-state index contributed by atoms with van der Waals surface area (Å²) < 4.78 is 5.20. The third kappa shape index (κ3) is 5.71. The van der Waals surface area contributed by atoms with Crippen molar-refractivity contribution in [2.75, 3.05) is 46.9 Å². The Morgan fingerprint density at radius 2 is 2.09 bits per heavy atom. The lowest BCUT2D eigenvalue weighted by atomic mass is 9.84. The number of halogens is 1. The molecule has 1 fully saturated rings. The van der Waals surface area contributed by atoms with E-state index in [9.17, 15) is 9.59 Å². The molecule has 1 aromatic heterocycles. The Morgan fingerprint density at radius 3 is 2.80 bits per heavy atom. The summed E-state index contributed by atoms with van der Waals surface area (Å²) in [6.45, 7) is 4.37. The molecule has 1 aromatic carbocycles. The number of amides is 2. The van der Waals surface area contributed by atoms with Gasteiger partial charge in [0.25, 0.3) is 5.91 Å². The average Bonchev–Trinajstić information content (AvgIpc) is 2.85. The maximum atomic E-state index is 13.3. The van der Waals surface area contributed by atoms with Gasteiger partial charge in [0.15, 0.2) is 0 Å². The van der Waals surface area contributed by atoms with Crippen LogP contribution in [0.5, 0.6) is 0 Å². The van der Waals surface area contributed by atoms with E-state index < -0.39 is 6.17 Å². The summed E-state index contributed by atoms with van der Waals surface area (Å²) in [7, 11) is 4.20. The van der Waals surface area contributed by atoms with E-state index in [-0.39, 0.29) is 18.5 Å². The van der Waals surface area contributed by atoms with Crippen LogP contribution in [0.2, 0.25) is 5.02 Å². The number of fused-ring (bicyclic) bond motifs is 2. The minimum atomic E-state index is -0.598. The molecule has 1 aliphatic heterocycles. The number of rotatable bonds is 6. The van der Waals surface area contributed by atoms with Gasteiger partial charge in [0, 0.05) is 29.7 Å². The smallest absolute Gasteiger partial charge is 0.409 e. The third-order valence-corrected chi connectivity index (χ3v) is 7.42. The molecule has 0 spiro atoms. The highest BCUT2D eigenvalue weighted by Gasteiger charge is 2.32. The second-order valence-electron chi connectivity index (χ2n) is 9.91. The number of nitrogens with zero attached hydrogens (tertiary/aromatic N) is 4. The van der Waals surface area contributed by atoms with E-state index in [0.717, 1.165) is 65.8 Å². The van der Waals surface area contributed by atoms with E-state index in [1.54, 1.807) is 15.9 Å². The Kier molecular flexibility index (Phi) is 8.14. The highest BCUT2D eigenvalue weighted by Crippen LogP contribution is 2.36. The molecule has 190 valence electrons. The van der Waals surface area contributed by atoms with Crippen LogP contribution < -0.4 is 5.73 Å². The van der Waals surface area contributed by atoms with Gasteiger partial charge in [0.2, 0.25) is 0 Å². The van der Waals surface area contributed by atoms with Crippen molar-refractivity contribution in [3.05, 3.63) is 40.0 Å². The summed E-state index contributed by atoms with van der Waals surface area (Å²) in [4.78, 5) is 35.8. The maximum Gasteiger partial charge on any atom is 0.409 e. The average molecular weight is 502 g/mol. The molecule has 4 rings (SSSR count). The summed E-state index contributed by atoms with van der Waals surface area (Å²) in [5.41, 5.74) is 9.75. The number of carbonyl (C=O) groups excluding carboxylic acids is 2. The predicted octanol–water partition coefficient (Wildman–Crippen LogP) is 3.53. The van der Waals surface area contributed by atoms with Gasteiger partial charge in [-0.2, -0.15) is 0 Å². The molecule has 2 atom stereocenters. The van der Waals surface area contributed by atoms with E-state index in [1.165, 1.54) is 0 Å². The molecule has 2 amide bonds. The second kappa shape index (κ2) is 11.1. The van der Waals surface area contributed by atoms with Crippen LogP contribution in [0.25, 0.3) is 10.9 Å². The van der Waals surface area contributed by atoms with Crippen molar-refractivity contribution >= 4 is 34.5 Å². The molecule has 0 bridgehead atoms. The number of nitrogens with two attached hydrogens (primary N) is 1. The molecule has 2 aromatic rings. The van der Waals surface area contributed by atoms with Gasteiger partial charge >= 0.3 is 6.09 Å². The summed E-state index contributed by atoms with van der Waals surface area (Å²) in [5.74, 6) is 0.425. The summed E-state index contributed by atoms with van der Waals surface area (Å²) in [6, 6.07) is 5.50. The lowest BCUT2D eigenvalue weighted by Gasteiger charge is -2.39. The van der Waals surface area contributed by atoms with E-state index in [1.807, 2.05) is 19.1 Å². The highest BCUT2D eigenvalue weighted by atomic mass is 35.5. The van der Waals surface area contributed by atoms with Crippen molar-refractivity contribution in [3.8, 4) is 0 Å². The lowest BCUT2D eigenvalue weighted by molar-refractivity contribution is 0.0392. The predicted molar refractivity (Wildman–Crippen MR) is 138 cm³/mol. The first-order chi connectivity index (χ1) is 16.8. The maximum absolute atomic E-state index is 13.3. The van der Waals surface area contributed by atoms with Crippen molar-refractivity contribution in [1.29, 1.82) is 0 Å². The summed E-state index contributed by atoms with van der Waals surface area (Å²) in [5, 5.41) is 1.63. The minimum Gasteiger partial charge on any atom is -0.449 e. The summed E-state index contributed by atoms with van der Waals surface area (Å²) in [6.07, 6.45) is 3.90. The molecule has 2 N–H and O–H groups in total. The van der Waals surface area contributed by atoms with Crippen LogP contribution in [0.15, 0.2) is 18.2 Å². The fraction of sp³-hybridized carbons (Fsp3) is 0.577. The van der Waals surface area contributed by atoms with Gasteiger partial charge in [0.05, 0.1) is 29.9 Å². The Hall–Kier alpha value is -2.42. The summed E-state index contributed by atoms with van der Waals surface area (Å²) >= 11 is 6.81. The Bertz CT molecular complexity index is 1090. The molecule has 0 radical (unpaired) electrons. The van der Waals surface area contributed by atoms with Crippen LogP contribution in [0.3, 0.4) is 0 Å². The fourth-order valence-electron chi connectivity index (χ4n) is 4.95. The third-order valence-electron chi connectivity index (χ3n) is 6.99. The van der Waals surface area contributed by atoms with Gasteiger partial charge < -0.3 is 25.2 Å². The largest absolute Gasteiger partial charge is 0.449 e. The molecule has 2 heterocycles. The van der Waals surface area contributed by atoms with Gasteiger partial charge in [-0.3, -0.25) is 9.78 Å². The highest BCUT2D eigenvalue weighted by molar-refractivity contribution is 6.36. The lowest BCUT2D eigenvalue weighted by Crippen LogP contribution is -2.60. The molecule has 9 heteroatoms. The number of hydrogen-bond donors (Lipinski definition) is 1. The van der Waals surface area contributed by atoms with E-state index in [4.69, 9.17) is 27.1 Å². The monoisotopic (exact) mass is 501 g/mol. The minimum absolute atomic E-state index is 0.166. The van der Waals surface area contributed by atoms with Crippen LogP contribution in [0.1, 0.15) is 47.8 Å². The fourth-order valence-corrected chi connectivity index (χ4v) is 5.32. The van der Waals surface area contributed by atoms with Crippen molar-refractivity contribution in [2.45, 2.75) is 45.2 Å². The van der Waals surface area contributed by atoms with E-state index >= 15 is 0 Å². The quantitative estimate of drug-likeness (QED) is 0.651. The SMILES string of the molecule is CCCOC(=O)N1CCN(C(=O)c2ccc3c(Cl)c4c(nc3c2)CC(CCN(C)C)CC4)[C@H](N)C1. The first-order valence-electron chi connectivity index (χ1n) is 12.5. The van der Waals surface area contributed by atoms with Gasteiger partial charge in [-0.1, -0.05) is 24.6 Å². The van der Waals surface area contributed by atoms with Crippen LogP contribution >= 0.6 is 11.6 Å². The molecular weight excluding hydrogens is 466 g/mol. The molecule has 0 saturated carbocycles. The van der Waals surface area contributed by atoms with Crippen LogP contribution in [0.4, 0.5) is 4.79 Å². The molecule has 1 aliphatic carbocycles. The Balaban J connectivity index is 1.50. The number of pyridine rings is 1. The molecule has 35 heavy (non-hydrogen) atoms. The first-order valence-corrected chi connectivity index (χ1v) is 12.9. The van der Waals surface area contributed by atoms with Crippen molar-refractivity contribution in [2.24, 2.45) is 11.7 Å². The number of piperazine rings is 1. The van der Waals surface area contributed by atoms with Crippen molar-refractivity contribution in [1.82, 2.24) is 19.7 Å². The molecule has 8 nitrogen and oxygen atoms in total. The van der Waals surface area contributed by atoms with Crippen LogP contribution in [-0.4, -0.2) is 84.7 Å². The normalized spacial score (nSPS) is 20.3. The number of hydrogen-bond acceptors (Lipinski definition) is 6. The number of benzene rings is 1. The van der Waals surface area contributed by atoms with Gasteiger partial charge in [-0.25, -0.2) is 4.79 Å². The van der Waals surface area contributed by atoms with Crippen LogP contribution in [-0.2, 0) is 17.6 Å². The standard InChI is InChI=1S/C26H36ClN5O3/c1-4-13-35-26(34)31-11-12-32(23(28)16-31)25(33)18-6-8-20-22(15-18)29-21-14-17(9-10-30(2)3)5-7-19(21)24(20)27/h6,8,15,17,23H,4-5,7,9-14,16,28H2,1-3H3/t17?,23-/m0/s1. The first kappa shape index (κ1) is 25.7. The topological polar surface area (TPSA) is 92.0 Å². The van der Waals surface area contributed by atoms with Gasteiger partial charge in [0.1, 0.15) is 0 Å².